The lowest BCUT2D eigenvalue weighted by Gasteiger charge is -2.37. The lowest BCUT2D eigenvalue weighted by Crippen LogP contribution is -2.58. The molecule has 1 aliphatic rings. The van der Waals surface area contributed by atoms with Gasteiger partial charge in [0.25, 0.3) is 0 Å². The molecule has 1 heterocycles. The number of hydrogen-bond donors (Lipinski definition) is 2. The summed E-state index contributed by atoms with van der Waals surface area (Å²) in [6.07, 6.45) is 3.53. The Labute approximate surface area is 121 Å². The first-order chi connectivity index (χ1) is 9.64. The molecule has 1 saturated heterocycles. The maximum absolute atomic E-state index is 12.2. The predicted molar refractivity (Wildman–Crippen MR) is 81.3 cm³/mol. The van der Waals surface area contributed by atoms with Crippen molar-refractivity contribution in [2.75, 3.05) is 20.1 Å². The summed E-state index contributed by atoms with van der Waals surface area (Å²) in [5.41, 5.74) is 5.89. The van der Waals surface area contributed by atoms with Crippen LogP contribution in [0.4, 0.5) is 0 Å². The van der Waals surface area contributed by atoms with Gasteiger partial charge in [0.1, 0.15) is 5.54 Å². The number of likely N-dealkylation sites (tertiary alicyclic amines) is 1. The maximum Gasteiger partial charge on any atom is 0.243 e. The minimum absolute atomic E-state index is 0.312. The highest BCUT2D eigenvalue weighted by molar-refractivity contribution is 5.86. The van der Waals surface area contributed by atoms with Gasteiger partial charge in [-0.15, -0.1) is 0 Å². The third-order valence-corrected chi connectivity index (χ3v) is 4.52. The molecule has 110 valence electrons. The number of nitrogens with two attached hydrogens (primary N) is 1. The van der Waals surface area contributed by atoms with Gasteiger partial charge in [0.05, 0.1) is 0 Å². The minimum atomic E-state index is -0.807. The van der Waals surface area contributed by atoms with Crippen molar-refractivity contribution in [1.82, 2.24) is 10.2 Å². The van der Waals surface area contributed by atoms with Crippen molar-refractivity contribution >= 4 is 5.91 Å². The highest BCUT2D eigenvalue weighted by Gasteiger charge is 2.40. The summed E-state index contributed by atoms with van der Waals surface area (Å²) < 4.78 is 0. The number of amides is 1. The van der Waals surface area contributed by atoms with Crippen LogP contribution >= 0.6 is 0 Å². The quantitative estimate of drug-likeness (QED) is 0.826. The zero-order valence-electron chi connectivity index (χ0n) is 12.4. The number of carbonyl (C=O) groups excluding carboxylic acids is 1. The monoisotopic (exact) mass is 275 g/mol. The zero-order valence-corrected chi connectivity index (χ0v) is 12.4. The Morgan fingerprint density at radius 1 is 1.45 bits per heavy atom. The Morgan fingerprint density at radius 3 is 2.70 bits per heavy atom. The number of likely N-dealkylation sites (N-methyl/N-ethyl adjacent to an activating group) is 1. The summed E-state index contributed by atoms with van der Waals surface area (Å²) in [7, 11) is 1.81. The average Bonchev–Trinajstić information content (AvgIpc) is 2.92. The van der Waals surface area contributed by atoms with Gasteiger partial charge < -0.3 is 11.1 Å². The molecule has 1 aliphatic heterocycles. The first-order valence-electron chi connectivity index (χ1n) is 7.42. The fourth-order valence-electron chi connectivity index (χ4n) is 3.25. The van der Waals surface area contributed by atoms with Crippen molar-refractivity contribution < 1.29 is 4.79 Å². The highest BCUT2D eigenvalue weighted by Crippen LogP contribution is 2.27. The lowest BCUT2D eigenvalue weighted by atomic mass is 9.88. The van der Waals surface area contributed by atoms with Crippen LogP contribution in [0.5, 0.6) is 0 Å². The van der Waals surface area contributed by atoms with Crippen molar-refractivity contribution in [2.45, 2.75) is 37.8 Å². The van der Waals surface area contributed by atoms with E-state index in [9.17, 15) is 4.79 Å². The van der Waals surface area contributed by atoms with Crippen LogP contribution in [0.25, 0.3) is 0 Å². The standard InChI is InChI=1S/C16H25N3O/c1-3-14-10-7-11-19(14)12-16(18-2,15(17)20)13-8-5-4-6-9-13/h4-6,8-9,14,18H,3,7,10-12H2,1-2H3,(H2,17,20). The van der Waals surface area contributed by atoms with E-state index in [1.54, 1.807) is 0 Å². The molecule has 1 aromatic rings. The summed E-state index contributed by atoms with van der Waals surface area (Å²) in [5.74, 6) is -0.312. The summed E-state index contributed by atoms with van der Waals surface area (Å²) in [6, 6.07) is 10.4. The van der Waals surface area contributed by atoms with Gasteiger partial charge in [0, 0.05) is 12.6 Å². The average molecular weight is 275 g/mol. The molecule has 0 saturated carbocycles. The smallest absolute Gasteiger partial charge is 0.243 e. The molecule has 2 atom stereocenters. The lowest BCUT2D eigenvalue weighted by molar-refractivity contribution is -0.125. The van der Waals surface area contributed by atoms with E-state index in [2.05, 4.69) is 17.1 Å². The number of primary amides is 1. The number of nitrogens with zero attached hydrogens (tertiary/aromatic N) is 1. The van der Waals surface area contributed by atoms with Crippen molar-refractivity contribution in [3.63, 3.8) is 0 Å². The van der Waals surface area contributed by atoms with Crippen molar-refractivity contribution in [3.8, 4) is 0 Å². The van der Waals surface area contributed by atoms with Gasteiger partial charge in [0.2, 0.25) is 5.91 Å². The second-order valence-corrected chi connectivity index (χ2v) is 5.56. The van der Waals surface area contributed by atoms with E-state index in [0.717, 1.165) is 18.5 Å². The van der Waals surface area contributed by atoms with Crippen LogP contribution in [0.15, 0.2) is 30.3 Å². The Bertz CT molecular complexity index is 448. The van der Waals surface area contributed by atoms with Crippen molar-refractivity contribution in [3.05, 3.63) is 35.9 Å². The third-order valence-electron chi connectivity index (χ3n) is 4.52. The van der Waals surface area contributed by atoms with Crippen LogP contribution in [0.2, 0.25) is 0 Å². The Kier molecular flexibility index (Phi) is 4.78. The van der Waals surface area contributed by atoms with Gasteiger partial charge in [-0.25, -0.2) is 0 Å². The first-order valence-corrected chi connectivity index (χ1v) is 7.42. The Hall–Kier alpha value is -1.39. The molecule has 0 aliphatic carbocycles. The fraction of sp³-hybridized carbons (Fsp3) is 0.562. The summed E-state index contributed by atoms with van der Waals surface area (Å²) in [5, 5.41) is 3.19. The normalized spacial score (nSPS) is 22.6. The summed E-state index contributed by atoms with van der Waals surface area (Å²) in [6.45, 7) is 3.89. The van der Waals surface area contributed by atoms with Gasteiger partial charge >= 0.3 is 0 Å². The molecule has 1 aromatic carbocycles. The van der Waals surface area contributed by atoms with E-state index < -0.39 is 5.54 Å². The number of rotatable bonds is 6. The topological polar surface area (TPSA) is 58.4 Å². The van der Waals surface area contributed by atoms with Crippen LogP contribution in [0.3, 0.4) is 0 Å². The van der Waals surface area contributed by atoms with Crippen LogP contribution in [-0.4, -0.2) is 37.0 Å². The molecule has 2 rings (SSSR count). The third kappa shape index (κ3) is 2.72. The second-order valence-electron chi connectivity index (χ2n) is 5.56. The van der Waals surface area contributed by atoms with Gasteiger partial charge in [-0.2, -0.15) is 0 Å². The van der Waals surface area contributed by atoms with E-state index in [1.165, 1.54) is 12.8 Å². The van der Waals surface area contributed by atoms with E-state index in [0.29, 0.717) is 12.6 Å². The molecule has 0 aromatic heterocycles. The molecule has 2 unspecified atom stereocenters. The number of carbonyl (C=O) groups is 1. The predicted octanol–water partition coefficient (Wildman–Crippen LogP) is 1.46. The van der Waals surface area contributed by atoms with Crippen LogP contribution in [-0.2, 0) is 10.3 Å². The van der Waals surface area contributed by atoms with E-state index in [1.807, 2.05) is 37.4 Å². The molecule has 4 nitrogen and oxygen atoms in total. The van der Waals surface area contributed by atoms with Crippen LogP contribution < -0.4 is 11.1 Å². The molecule has 1 fully saturated rings. The first kappa shape index (κ1) is 15.0. The molecule has 0 spiro atoms. The molecular weight excluding hydrogens is 250 g/mol. The minimum Gasteiger partial charge on any atom is -0.368 e. The van der Waals surface area contributed by atoms with E-state index in [4.69, 9.17) is 5.73 Å². The number of nitrogens with one attached hydrogen (secondary N) is 1. The molecular formula is C16H25N3O. The van der Waals surface area contributed by atoms with Gasteiger partial charge in [-0.05, 0) is 38.4 Å². The number of hydrogen-bond acceptors (Lipinski definition) is 3. The van der Waals surface area contributed by atoms with Gasteiger partial charge in [0.15, 0.2) is 0 Å². The van der Waals surface area contributed by atoms with E-state index >= 15 is 0 Å². The summed E-state index contributed by atoms with van der Waals surface area (Å²) in [4.78, 5) is 14.6. The molecule has 0 bridgehead atoms. The van der Waals surface area contributed by atoms with Crippen LogP contribution in [0, 0.1) is 0 Å². The fourth-order valence-corrected chi connectivity index (χ4v) is 3.25. The maximum atomic E-state index is 12.2. The Morgan fingerprint density at radius 2 is 2.15 bits per heavy atom. The van der Waals surface area contributed by atoms with Crippen molar-refractivity contribution in [1.29, 1.82) is 0 Å². The molecule has 4 heteroatoms. The van der Waals surface area contributed by atoms with Crippen molar-refractivity contribution in [2.24, 2.45) is 5.73 Å². The Balaban J connectivity index is 2.30. The SMILES string of the molecule is CCC1CCCN1CC(NC)(C(N)=O)c1ccccc1. The van der Waals surface area contributed by atoms with Gasteiger partial charge in [-0.1, -0.05) is 37.3 Å². The molecule has 20 heavy (non-hydrogen) atoms. The molecule has 3 N–H and O–H groups in total. The zero-order chi connectivity index (χ0) is 14.6. The largest absolute Gasteiger partial charge is 0.368 e. The van der Waals surface area contributed by atoms with E-state index in [-0.39, 0.29) is 5.91 Å². The highest BCUT2D eigenvalue weighted by atomic mass is 16.1. The molecule has 1 amide bonds. The number of benzene rings is 1. The summed E-state index contributed by atoms with van der Waals surface area (Å²) >= 11 is 0. The van der Waals surface area contributed by atoms with Gasteiger partial charge in [-0.3, -0.25) is 9.69 Å². The van der Waals surface area contributed by atoms with Crippen LogP contribution in [0.1, 0.15) is 31.7 Å². The second kappa shape index (κ2) is 6.37. The molecule has 0 radical (unpaired) electrons.